The molecule has 0 radical (unpaired) electrons. The van der Waals surface area contributed by atoms with E-state index in [1.165, 1.54) is 11.6 Å². The Kier molecular flexibility index (Phi) is 4.56. The van der Waals surface area contributed by atoms with E-state index in [0.717, 1.165) is 45.7 Å². The van der Waals surface area contributed by atoms with Gasteiger partial charge < -0.3 is 0 Å². The van der Waals surface area contributed by atoms with Gasteiger partial charge in [-0.2, -0.15) is 0 Å². The summed E-state index contributed by atoms with van der Waals surface area (Å²) in [5.74, 6) is -2.53. The van der Waals surface area contributed by atoms with Crippen LogP contribution in [0.3, 0.4) is 0 Å². The zero-order chi connectivity index (χ0) is 20.9. The fourth-order valence-corrected chi connectivity index (χ4v) is 5.78. The first kappa shape index (κ1) is 19.2. The van der Waals surface area contributed by atoms with E-state index in [1.807, 2.05) is 12.1 Å². The third-order valence-electron chi connectivity index (χ3n) is 5.87. The minimum atomic E-state index is -4.17. The lowest BCUT2D eigenvalue weighted by Gasteiger charge is -2.27. The second-order valence-corrected chi connectivity index (χ2v) is 9.38. The summed E-state index contributed by atoms with van der Waals surface area (Å²) in [4.78, 5) is -0.655. The van der Waals surface area contributed by atoms with E-state index < -0.39 is 26.6 Å². The molecule has 1 unspecified atom stereocenters. The molecule has 30 heavy (non-hydrogen) atoms. The van der Waals surface area contributed by atoms with Crippen LogP contribution in [-0.2, 0) is 22.9 Å². The van der Waals surface area contributed by atoms with Crippen LogP contribution in [-0.4, -0.2) is 14.5 Å². The van der Waals surface area contributed by atoms with Gasteiger partial charge in [-0.1, -0.05) is 54.6 Å². The Hall–Kier alpha value is -2.83. The van der Waals surface area contributed by atoms with Crippen LogP contribution in [0.2, 0.25) is 0 Å². The third kappa shape index (κ3) is 3.16. The molecule has 1 aliphatic carbocycles. The molecule has 0 bridgehead atoms. The molecule has 0 fully saturated rings. The minimum absolute atomic E-state index is 0.387. The number of fused-ring (bicyclic) bond motifs is 5. The molecule has 0 saturated heterocycles. The SMILES string of the molecule is O=S(=O)(NC1CCc2ccc3c(ccc4ccccc43)c2C1)c1cccc(F)c1F. The summed E-state index contributed by atoms with van der Waals surface area (Å²) >= 11 is 0. The van der Waals surface area contributed by atoms with Crippen molar-refractivity contribution in [2.45, 2.75) is 30.2 Å². The van der Waals surface area contributed by atoms with Crippen molar-refractivity contribution in [2.75, 3.05) is 0 Å². The monoisotopic (exact) mass is 423 g/mol. The number of hydrogen-bond acceptors (Lipinski definition) is 2. The van der Waals surface area contributed by atoms with E-state index in [1.54, 1.807) is 0 Å². The van der Waals surface area contributed by atoms with Gasteiger partial charge in [-0.25, -0.2) is 21.9 Å². The Balaban J connectivity index is 1.52. The molecule has 1 aliphatic rings. The van der Waals surface area contributed by atoms with Gasteiger partial charge in [0.1, 0.15) is 4.90 Å². The van der Waals surface area contributed by atoms with E-state index in [4.69, 9.17) is 0 Å². The fraction of sp³-hybridized carbons (Fsp3) is 0.167. The van der Waals surface area contributed by atoms with Gasteiger partial charge in [0.2, 0.25) is 10.0 Å². The average molecular weight is 423 g/mol. The Morgan fingerprint density at radius 1 is 0.833 bits per heavy atom. The summed E-state index contributed by atoms with van der Waals surface area (Å²) in [6.07, 6.45) is 1.82. The molecule has 0 spiro atoms. The number of halogens is 2. The van der Waals surface area contributed by atoms with Gasteiger partial charge in [0.25, 0.3) is 0 Å². The first-order valence-corrected chi connectivity index (χ1v) is 11.3. The lowest BCUT2D eigenvalue weighted by molar-refractivity contribution is 0.475. The fourth-order valence-electron chi connectivity index (χ4n) is 4.42. The normalized spacial score (nSPS) is 16.7. The van der Waals surface area contributed by atoms with Crippen LogP contribution in [0.4, 0.5) is 8.78 Å². The quantitative estimate of drug-likeness (QED) is 0.466. The van der Waals surface area contributed by atoms with Crippen molar-refractivity contribution < 1.29 is 17.2 Å². The van der Waals surface area contributed by atoms with Crippen molar-refractivity contribution in [3.63, 3.8) is 0 Å². The Labute approximate surface area is 173 Å². The highest BCUT2D eigenvalue weighted by atomic mass is 32.2. The van der Waals surface area contributed by atoms with Gasteiger partial charge in [0, 0.05) is 6.04 Å². The predicted octanol–water partition coefficient (Wildman–Crippen LogP) is 5.11. The average Bonchev–Trinajstić information content (AvgIpc) is 2.74. The molecular formula is C24H19F2NO2S. The molecule has 152 valence electrons. The summed E-state index contributed by atoms with van der Waals surface area (Å²) in [7, 11) is -4.17. The molecule has 4 aromatic carbocycles. The smallest absolute Gasteiger partial charge is 0.208 e. The summed E-state index contributed by atoms with van der Waals surface area (Å²) in [5, 5.41) is 4.54. The number of benzene rings is 4. The second-order valence-electron chi connectivity index (χ2n) is 7.70. The highest BCUT2D eigenvalue weighted by Gasteiger charge is 2.28. The van der Waals surface area contributed by atoms with E-state index in [0.29, 0.717) is 12.8 Å². The summed E-state index contributed by atoms with van der Waals surface area (Å²) in [6.45, 7) is 0. The van der Waals surface area contributed by atoms with E-state index in [-0.39, 0.29) is 6.04 Å². The maximum atomic E-state index is 14.1. The van der Waals surface area contributed by atoms with Crippen LogP contribution in [0.15, 0.2) is 71.6 Å². The Morgan fingerprint density at radius 3 is 2.50 bits per heavy atom. The van der Waals surface area contributed by atoms with E-state index in [9.17, 15) is 17.2 Å². The molecule has 0 aromatic heterocycles. The van der Waals surface area contributed by atoms with Crippen LogP contribution < -0.4 is 4.72 Å². The van der Waals surface area contributed by atoms with Gasteiger partial charge in [-0.3, -0.25) is 0 Å². The standard InChI is InChI=1S/C24H19F2NO2S/c25-22-6-3-7-23(24(22)26)30(28,29)27-17-11-8-16-10-12-19-18-5-2-1-4-15(18)9-13-20(19)21(16)14-17/h1-7,9-10,12-13,17,27H,8,11,14H2. The van der Waals surface area contributed by atoms with Crippen LogP contribution >= 0.6 is 0 Å². The molecule has 3 nitrogen and oxygen atoms in total. The van der Waals surface area contributed by atoms with Crippen molar-refractivity contribution in [1.82, 2.24) is 4.72 Å². The molecule has 6 heteroatoms. The third-order valence-corrected chi connectivity index (χ3v) is 7.41. The lowest BCUT2D eigenvalue weighted by atomic mass is 9.84. The van der Waals surface area contributed by atoms with Gasteiger partial charge >= 0.3 is 0 Å². The van der Waals surface area contributed by atoms with Crippen molar-refractivity contribution >= 4 is 31.6 Å². The number of hydrogen-bond donors (Lipinski definition) is 1. The molecule has 4 aromatic rings. The first-order chi connectivity index (χ1) is 14.4. The van der Waals surface area contributed by atoms with E-state index in [2.05, 4.69) is 41.1 Å². The number of sulfonamides is 1. The summed E-state index contributed by atoms with van der Waals surface area (Å²) in [6, 6.07) is 19.4. The first-order valence-electron chi connectivity index (χ1n) is 9.82. The molecule has 0 heterocycles. The number of aryl methyl sites for hydroxylation is 1. The lowest BCUT2D eigenvalue weighted by Crippen LogP contribution is -2.39. The zero-order valence-corrected chi connectivity index (χ0v) is 16.8. The maximum absolute atomic E-state index is 14.1. The molecular weight excluding hydrogens is 404 g/mol. The number of rotatable bonds is 3. The van der Waals surface area contributed by atoms with E-state index >= 15 is 0 Å². The van der Waals surface area contributed by atoms with Crippen LogP contribution in [0.1, 0.15) is 17.5 Å². The van der Waals surface area contributed by atoms with Crippen molar-refractivity contribution in [3.8, 4) is 0 Å². The van der Waals surface area contributed by atoms with Crippen LogP contribution in [0, 0.1) is 11.6 Å². The zero-order valence-electron chi connectivity index (χ0n) is 16.0. The minimum Gasteiger partial charge on any atom is -0.208 e. The topological polar surface area (TPSA) is 46.2 Å². The summed E-state index contributed by atoms with van der Waals surface area (Å²) in [5.41, 5.74) is 2.31. The number of nitrogens with one attached hydrogen (secondary N) is 1. The molecule has 5 rings (SSSR count). The predicted molar refractivity (Wildman–Crippen MR) is 114 cm³/mol. The maximum Gasteiger partial charge on any atom is 0.243 e. The Morgan fingerprint density at radius 2 is 1.63 bits per heavy atom. The largest absolute Gasteiger partial charge is 0.243 e. The van der Waals surface area contributed by atoms with Crippen LogP contribution in [0.25, 0.3) is 21.5 Å². The van der Waals surface area contributed by atoms with Gasteiger partial charge in [-0.15, -0.1) is 0 Å². The van der Waals surface area contributed by atoms with Crippen molar-refractivity contribution in [1.29, 1.82) is 0 Å². The molecule has 1 N–H and O–H groups in total. The van der Waals surface area contributed by atoms with Crippen LogP contribution in [0.5, 0.6) is 0 Å². The summed E-state index contributed by atoms with van der Waals surface area (Å²) < 4.78 is 55.6. The van der Waals surface area contributed by atoms with Gasteiger partial charge in [0.15, 0.2) is 11.6 Å². The Bertz CT molecular complexity index is 1400. The van der Waals surface area contributed by atoms with Crippen molar-refractivity contribution in [3.05, 3.63) is 89.5 Å². The molecule has 0 aliphatic heterocycles. The molecule has 0 amide bonds. The second kappa shape index (κ2) is 7.15. The molecule has 1 atom stereocenters. The highest BCUT2D eigenvalue weighted by Crippen LogP contribution is 2.33. The molecule has 0 saturated carbocycles. The highest BCUT2D eigenvalue weighted by molar-refractivity contribution is 7.89. The van der Waals surface area contributed by atoms with Crippen molar-refractivity contribution in [2.24, 2.45) is 0 Å². The van der Waals surface area contributed by atoms with Gasteiger partial charge in [-0.05, 0) is 64.1 Å². The van der Waals surface area contributed by atoms with Gasteiger partial charge in [0.05, 0.1) is 0 Å².